The van der Waals surface area contributed by atoms with Gasteiger partial charge in [-0.2, -0.15) is 0 Å². The van der Waals surface area contributed by atoms with Crippen LogP contribution >= 0.6 is 23.7 Å². The first-order valence-corrected chi connectivity index (χ1v) is 4.71. The average molecular weight is 251 g/mol. The number of nitrogens with zero attached hydrogens (tertiary/aromatic N) is 1. The summed E-state index contributed by atoms with van der Waals surface area (Å²) in [6.45, 7) is 0.200. The lowest BCUT2D eigenvalue weighted by atomic mass is 10.5. The molecule has 0 saturated heterocycles. The third-order valence-corrected chi connectivity index (χ3v) is 2.10. The third-order valence-electron chi connectivity index (χ3n) is 1.34. The molecule has 0 aliphatic heterocycles. The molecule has 4 N–H and O–H groups in total. The maximum absolute atomic E-state index is 11.1. The van der Waals surface area contributed by atoms with Crippen LogP contribution in [0.15, 0.2) is 5.38 Å². The molecule has 0 aliphatic carbocycles. The molecule has 1 aromatic rings. The Morgan fingerprint density at radius 1 is 1.60 bits per heavy atom. The predicted molar refractivity (Wildman–Crippen MR) is 60.4 cm³/mol. The van der Waals surface area contributed by atoms with E-state index >= 15 is 0 Å². The fourth-order valence-electron chi connectivity index (χ4n) is 0.768. The summed E-state index contributed by atoms with van der Waals surface area (Å²) in [5.74, 6) is -0.812. The highest BCUT2D eigenvalue weighted by atomic mass is 35.5. The van der Waals surface area contributed by atoms with Crippen molar-refractivity contribution >= 4 is 40.7 Å². The van der Waals surface area contributed by atoms with Gasteiger partial charge in [0.2, 0.25) is 5.91 Å². The van der Waals surface area contributed by atoms with Gasteiger partial charge in [-0.15, -0.1) is 23.7 Å². The number of rotatable bonds is 4. The van der Waals surface area contributed by atoms with Crippen LogP contribution in [-0.2, 0) is 4.79 Å². The normalized spacial score (nSPS) is 9.13. The van der Waals surface area contributed by atoms with E-state index in [-0.39, 0.29) is 30.6 Å². The minimum Gasteiger partial charge on any atom is -0.364 e. The number of nitrogens with two attached hydrogens (primary N) is 1. The number of hydrogen-bond donors (Lipinski definition) is 3. The Bertz CT molecular complexity index is 355. The van der Waals surface area contributed by atoms with Crippen molar-refractivity contribution in [1.29, 1.82) is 0 Å². The van der Waals surface area contributed by atoms with E-state index in [0.29, 0.717) is 5.13 Å². The molecule has 1 rings (SSSR count). The van der Waals surface area contributed by atoms with Crippen LogP contribution in [0.1, 0.15) is 10.5 Å². The lowest BCUT2D eigenvalue weighted by Crippen LogP contribution is -2.25. The minimum atomic E-state index is -0.602. The smallest absolute Gasteiger partial charge is 0.268 e. The molecule has 0 atom stereocenters. The first kappa shape index (κ1) is 13.8. The molecule has 6 nitrogen and oxygen atoms in total. The number of nitrogens with one attached hydrogen (secondary N) is 2. The molecule has 2 amide bonds. The SMILES string of the molecule is CNCC(=O)Nc1nc(C(N)=O)cs1.Cl. The number of carbonyl (C=O) groups excluding carboxylic acids is 2. The Morgan fingerprint density at radius 2 is 2.27 bits per heavy atom. The molecule has 0 aliphatic rings. The summed E-state index contributed by atoms with van der Waals surface area (Å²) in [5.41, 5.74) is 5.16. The van der Waals surface area contributed by atoms with Gasteiger partial charge in [-0.25, -0.2) is 4.98 Å². The highest BCUT2D eigenvalue weighted by molar-refractivity contribution is 7.14. The molecule has 0 radical (unpaired) electrons. The summed E-state index contributed by atoms with van der Waals surface area (Å²) in [4.78, 5) is 25.6. The zero-order valence-corrected chi connectivity index (χ0v) is 9.58. The molecule has 0 unspecified atom stereocenters. The zero-order chi connectivity index (χ0) is 10.6. The first-order chi connectivity index (χ1) is 6.63. The van der Waals surface area contributed by atoms with E-state index in [9.17, 15) is 9.59 Å². The summed E-state index contributed by atoms with van der Waals surface area (Å²) >= 11 is 1.16. The summed E-state index contributed by atoms with van der Waals surface area (Å²) in [6.07, 6.45) is 0. The van der Waals surface area contributed by atoms with Crippen LogP contribution in [0.25, 0.3) is 0 Å². The van der Waals surface area contributed by atoms with Crippen molar-refractivity contribution in [2.75, 3.05) is 18.9 Å². The molecule has 8 heteroatoms. The predicted octanol–water partition coefficient (Wildman–Crippen LogP) is -0.178. The van der Waals surface area contributed by atoms with Crippen LogP contribution in [0.2, 0.25) is 0 Å². The zero-order valence-electron chi connectivity index (χ0n) is 7.94. The van der Waals surface area contributed by atoms with Crippen molar-refractivity contribution in [2.24, 2.45) is 5.73 Å². The molecule has 0 bridgehead atoms. The molecule has 1 heterocycles. The quantitative estimate of drug-likeness (QED) is 0.691. The maximum atomic E-state index is 11.1. The van der Waals surface area contributed by atoms with Crippen molar-refractivity contribution < 1.29 is 9.59 Å². The van der Waals surface area contributed by atoms with Crippen LogP contribution < -0.4 is 16.4 Å². The highest BCUT2D eigenvalue weighted by Crippen LogP contribution is 2.14. The molecule has 1 aromatic heterocycles. The van der Waals surface area contributed by atoms with Crippen LogP contribution in [0.5, 0.6) is 0 Å². The highest BCUT2D eigenvalue weighted by Gasteiger charge is 2.08. The van der Waals surface area contributed by atoms with Crippen LogP contribution in [0.4, 0.5) is 5.13 Å². The van der Waals surface area contributed by atoms with E-state index in [2.05, 4.69) is 15.6 Å². The molecular formula is C7H11ClN4O2S. The van der Waals surface area contributed by atoms with Gasteiger partial charge in [-0.05, 0) is 7.05 Å². The largest absolute Gasteiger partial charge is 0.364 e. The van der Waals surface area contributed by atoms with E-state index in [4.69, 9.17) is 5.73 Å². The molecule has 0 aromatic carbocycles. The first-order valence-electron chi connectivity index (χ1n) is 3.83. The van der Waals surface area contributed by atoms with Gasteiger partial charge < -0.3 is 16.4 Å². The van der Waals surface area contributed by atoms with Crippen molar-refractivity contribution in [3.8, 4) is 0 Å². The second-order valence-electron chi connectivity index (χ2n) is 2.48. The number of carbonyl (C=O) groups is 2. The van der Waals surface area contributed by atoms with E-state index in [1.165, 1.54) is 5.38 Å². The van der Waals surface area contributed by atoms with Crippen molar-refractivity contribution in [1.82, 2.24) is 10.3 Å². The molecule has 84 valence electrons. The summed E-state index contributed by atoms with van der Waals surface area (Å²) < 4.78 is 0. The molecular weight excluding hydrogens is 240 g/mol. The minimum absolute atomic E-state index is 0. The van der Waals surface area contributed by atoms with Gasteiger partial charge in [0, 0.05) is 5.38 Å². The Hall–Kier alpha value is -1.18. The van der Waals surface area contributed by atoms with Crippen LogP contribution in [-0.4, -0.2) is 30.4 Å². The molecule has 0 fully saturated rings. The maximum Gasteiger partial charge on any atom is 0.268 e. The van der Waals surface area contributed by atoms with Gasteiger partial charge in [-0.3, -0.25) is 9.59 Å². The number of halogens is 1. The van der Waals surface area contributed by atoms with Gasteiger partial charge in [0.15, 0.2) is 5.13 Å². The van der Waals surface area contributed by atoms with Gasteiger partial charge in [0.05, 0.1) is 6.54 Å². The number of aromatic nitrogens is 1. The Kier molecular flexibility index (Phi) is 5.83. The van der Waals surface area contributed by atoms with E-state index in [1.807, 2.05) is 0 Å². The summed E-state index contributed by atoms with van der Waals surface area (Å²) in [6, 6.07) is 0. The van der Waals surface area contributed by atoms with Gasteiger partial charge >= 0.3 is 0 Å². The van der Waals surface area contributed by atoms with E-state index < -0.39 is 5.91 Å². The van der Waals surface area contributed by atoms with Gasteiger partial charge in [0.25, 0.3) is 5.91 Å². The molecule has 15 heavy (non-hydrogen) atoms. The van der Waals surface area contributed by atoms with Crippen LogP contribution in [0, 0.1) is 0 Å². The Labute approximate surface area is 96.7 Å². The Morgan fingerprint density at radius 3 is 2.73 bits per heavy atom. The van der Waals surface area contributed by atoms with Gasteiger partial charge in [-0.1, -0.05) is 0 Å². The number of likely N-dealkylation sites (N-methyl/N-ethyl adjacent to an activating group) is 1. The number of hydrogen-bond acceptors (Lipinski definition) is 5. The number of amides is 2. The monoisotopic (exact) mass is 250 g/mol. The summed E-state index contributed by atoms with van der Waals surface area (Å²) in [7, 11) is 1.66. The van der Waals surface area contributed by atoms with Crippen LogP contribution in [0.3, 0.4) is 0 Å². The molecule has 0 saturated carbocycles. The number of thiazole rings is 1. The average Bonchev–Trinajstić information content (AvgIpc) is 2.53. The fraction of sp³-hybridized carbons (Fsp3) is 0.286. The van der Waals surface area contributed by atoms with Crippen molar-refractivity contribution in [2.45, 2.75) is 0 Å². The van der Waals surface area contributed by atoms with E-state index in [1.54, 1.807) is 7.05 Å². The topological polar surface area (TPSA) is 97.1 Å². The number of primary amides is 1. The number of anilines is 1. The second-order valence-corrected chi connectivity index (χ2v) is 3.34. The van der Waals surface area contributed by atoms with Crippen molar-refractivity contribution in [3.05, 3.63) is 11.1 Å². The Balaban J connectivity index is 0.00000196. The lowest BCUT2D eigenvalue weighted by molar-refractivity contribution is -0.115. The van der Waals surface area contributed by atoms with E-state index in [0.717, 1.165) is 11.3 Å². The van der Waals surface area contributed by atoms with Gasteiger partial charge in [0.1, 0.15) is 5.69 Å². The van der Waals surface area contributed by atoms with Crippen molar-refractivity contribution in [3.63, 3.8) is 0 Å². The standard InChI is InChI=1S/C7H10N4O2S.ClH/c1-9-2-5(12)11-7-10-4(3-14-7)6(8)13;/h3,9H,2H2,1H3,(H2,8,13)(H,10,11,12);1H. The molecule has 0 spiro atoms. The summed E-state index contributed by atoms with van der Waals surface area (Å²) in [5, 5.41) is 7.08. The fourth-order valence-corrected chi connectivity index (χ4v) is 1.48. The second kappa shape index (κ2) is 6.33. The lowest BCUT2D eigenvalue weighted by Gasteiger charge is -1.98. The third kappa shape index (κ3) is 4.24.